The minimum Gasteiger partial charge on any atom is -0.493 e. The Morgan fingerprint density at radius 1 is 1.24 bits per heavy atom. The second kappa shape index (κ2) is 5.19. The van der Waals surface area contributed by atoms with Gasteiger partial charge in [0.15, 0.2) is 5.69 Å². The van der Waals surface area contributed by atoms with Gasteiger partial charge in [-0.3, -0.25) is 0 Å². The smallest absolute Gasteiger partial charge is 0.214 e. The van der Waals surface area contributed by atoms with Crippen molar-refractivity contribution in [1.29, 1.82) is 5.26 Å². The Hall–Kier alpha value is -2.98. The van der Waals surface area contributed by atoms with Gasteiger partial charge in [0.2, 0.25) is 5.88 Å². The van der Waals surface area contributed by atoms with E-state index in [1.807, 2.05) is 6.07 Å². The molecule has 8 heteroatoms. The van der Waals surface area contributed by atoms with E-state index in [9.17, 15) is 5.11 Å². The lowest BCUT2D eigenvalue weighted by atomic mass is 10.1. The van der Waals surface area contributed by atoms with Crippen molar-refractivity contribution < 1.29 is 5.11 Å². The summed E-state index contributed by atoms with van der Waals surface area (Å²) in [7, 11) is 0. The van der Waals surface area contributed by atoms with Crippen molar-refractivity contribution >= 4 is 11.6 Å². The van der Waals surface area contributed by atoms with Crippen LogP contribution in [0.4, 0.5) is 0 Å². The zero-order valence-electron chi connectivity index (χ0n) is 10.5. The van der Waals surface area contributed by atoms with E-state index in [-0.39, 0.29) is 11.6 Å². The molecule has 0 atom stereocenters. The highest BCUT2D eigenvalue weighted by atomic mass is 35.5. The lowest BCUT2D eigenvalue weighted by molar-refractivity contribution is 0.452. The fourth-order valence-electron chi connectivity index (χ4n) is 1.84. The molecule has 3 aromatic rings. The maximum atomic E-state index is 9.49. The van der Waals surface area contributed by atoms with Gasteiger partial charge in [0.1, 0.15) is 12.4 Å². The molecular formula is C13H7ClN6O. The Kier molecular flexibility index (Phi) is 3.22. The quantitative estimate of drug-likeness (QED) is 0.776. The van der Waals surface area contributed by atoms with E-state index in [0.29, 0.717) is 22.0 Å². The van der Waals surface area contributed by atoms with E-state index in [2.05, 4.69) is 20.3 Å². The van der Waals surface area contributed by atoms with E-state index >= 15 is 0 Å². The van der Waals surface area contributed by atoms with Crippen LogP contribution in [0.1, 0.15) is 5.69 Å². The molecule has 0 unspecified atom stereocenters. The van der Waals surface area contributed by atoms with Crippen molar-refractivity contribution in [2.75, 3.05) is 0 Å². The summed E-state index contributed by atoms with van der Waals surface area (Å²) in [4.78, 5) is 7.75. The van der Waals surface area contributed by atoms with E-state index in [1.165, 1.54) is 23.3 Å². The number of aromatic hydroxyl groups is 1. The predicted molar refractivity (Wildman–Crippen MR) is 73.8 cm³/mol. The van der Waals surface area contributed by atoms with Crippen molar-refractivity contribution in [2.45, 2.75) is 0 Å². The van der Waals surface area contributed by atoms with Crippen LogP contribution in [-0.4, -0.2) is 30.1 Å². The number of nitrogens with zero attached hydrogens (tertiary/aromatic N) is 6. The molecule has 0 radical (unpaired) electrons. The number of rotatable bonds is 2. The summed E-state index contributed by atoms with van der Waals surface area (Å²) in [5, 5.41) is 26.4. The topological polar surface area (TPSA) is 101 Å². The molecule has 0 fully saturated rings. The van der Waals surface area contributed by atoms with Crippen LogP contribution >= 0.6 is 11.6 Å². The van der Waals surface area contributed by atoms with E-state index in [4.69, 9.17) is 16.9 Å². The average Bonchev–Trinajstić information content (AvgIpc) is 2.96. The normalized spacial score (nSPS) is 10.3. The van der Waals surface area contributed by atoms with Crippen LogP contribution < -0.4 is 0 Å². The summed E-state index contributed by atoms with van der Waals surface area (Å²) in [6, 6.07) is 8.43. The van der Waals surface area contributed by atoms with Gasteiger partial charge in [-0.05, 0) is 18.2 Å². The van der Waals surface area contributed by atoms with Crippen molar-refractivity contribution in [3.8, 4) is 28.9 Å². The minimum absolute atomic E-state index is 0.151. The number of benzene rings is 1. The van der Waals surface area contributed by atoms with Gasteiger partial charge in [0.25, 0.3) is 0 Å². The number of nitriles is 1. The van der Waals surface area contributed by atoms with E-state index < -0.39 is 0 Å². The van der Waals surface area contributed by atoms with E-state index in [1.54, 1.807) is 18.2 Å². The molecule has 0 aliphatic heterocycles. The highest BCUT2D eigenvalue weighted by Gasteiger charge is 2.12. The van der Waals surface area contributed by atoms with Gasteiger partial charge in [-0.25, -0.2) is 14.6 Å². The summed E-state index contributed by atoms with van der Waals surface area (Å²) < 4.78 is 1.45. The molecule has 2 heterocycles. The highest BCUT2D eigenvalue weighted by molar-refractivity contribution is 6.31. The largest absolute Gasteiger partial charge is 0.493 e. The summed E-state index contributed by atoms with van der Waals surface area (Å²) in [6.45, 7) is 0. The van der Waals surface area contributed by atoms with Crippen molar-refractivity contribution in [1.82, 2.24) is 25.0 Å². The zero-order valence-corrected chi connectivity index (χ0v) is 11.2. The summed E-state index contributed by atoms with van der Waals surface area (Å²) >= 11 is 6.02. The van der Waals surface area contributed by atoms with Gasteiger partial charge in [-0.2, -0.15) is 5.26 Å². The van der Waals surface area contributed by atoms with Crippen LogP contribution in [0.5, 0.6) is 5.88 Å². The molecule has 1 aromatic carbocycles. The van der Waals surface area contributed by atoms with Crippen LogP contribution in [0.3, 0.4) is 0 Å². The molecule has 1 N–H and O–H groups in total. The maximum absolute atomic E-state index is 9.49. The van der Waals surface area contributed by atoms with Crippen molar-refractivity contribution in [2.24, 2.45) is 0 Å². The molecule has 2 aromatic heterocycles. The first-order valence-corrected chi connectivity index (χ1v) is 6.19. The Balaban J connectivity index is 2.20. The van der Waals surface area contributed by atoms with Gasteiger partial charge < -0.3 is 5.11 Å². The van der Waals surface area contributed by atoms with Crippen LogP contribution in [-0.2, 0) is 0 Å². The molecule has 21 heavy (non-hydrogen) atoms. The molecule has 0 saturated carbocycles. The molecule has 0 amide bonds. The van der Waals surface area contributed by atoms with Gasteiger partial charge in [0, 0.05) is 16.7 Å². The summed E-state index contributed by atoms with van der Waals surface area (Å²) in [6.07, 6.45) is 2.74. The molecule has 0 bridgehead atoms. The first kappa shape index (κ1) is 13.0. The standard InChI is InChI=1S/C13H7ClN6O/c14-8-1-2-12(20-6-9(5-15)18-19-20)10(3-8)11-4-13(21)17-7-16-11/h1-4,6-7H,(H,16,17,21). The highest BCUT2D eigenvalue weighted by Crippen LogP contribution is 2.29. The van der Waals surface area contributed by atoms with Crippen LogP contribution in [0.15, 0.2) is 36.8 Å². The Morgan fingerprint density at radius 3 is 2.81 bits per heavy atom. The molecule has 7 nitrogen and oxygen atoms in total. The average molecular weight is 299 g/mol. The monoisotopic (exact) mass is 298 g/mol. The Morgan fingerprint density at radius 2 is 2.10 bits per heavy atom. The fraction of sp³-hybridized carbons (Fsp3) is 0. The lowest BCUT2D eigenvalue weighted by Gasteiger charge is -2.09. The van der Waals surface area contributed by atoms with Crippen LogP contribution in [0.2, 0.25) is 5.02 Å². The Labute approximate surface area is 124 Å². The second-order valence-corrected chi connectivity index (χ2v) is 4.52. The molecule has 0 aliphatic rings. The number of hydrogen-bond acceptors (Lipinski definition) is 6. The first-order chi connectivity index (χ1) is 10.2. The number of aromatic nitrogens is 5. The lowest BCUT2D eigenvalue weighted by Crippen LogP contribution is -1.99. The molecule has 0 saturated heterocycles. The SMILES string of the molecule is N#Cc1cn(-c2ccc(Cl)cc2-c2cc(O)ncn2)nn1. The molecular weight excluding hydrogens is 292 g/mol. The fourth-order valence-corrected chi connectivity index (χ4v) is 2.01. The van der Waals surface area contributed by atoms with Gasteiger partial charge in [0.05, 0.1) is 17.6 Å². The van der Waals surface area contributed by atoms with E-state index in [0.717, 1.165) is 0 Å². The number of hydrogen-bond donors (Lipinski definition) is 1. The maximum Gasteiger partial charge on any atom is 0.214 e. The summed E-state index contributed by atoms with van der Waals surface area (Å²) in [5.74, 6) is -0.151. The van der Waals surface area contributed by atoms with Gasteiger partial charge in [-0.1, -0.05) is 16.8 Å². The zero-order chi connectivity index (χ0) is 14.8. The molecule has 0 aliphatic carbocycles. The minimum atomic E-state index is -0.151. The third-order valence-corrected chi connectivity index (χ3v) is 2.98. The predicted octanol–water partition coefficient (Wildman–Crippen LogP) is 1.95. The molecule has 3 rings (SSSR count). The van der Waals surface area contributed by atoms with Crippen molar-refractivity contribution in [3.05, 3.63) is 47.5 Å². The van der Waals surface area contributed by atoms with Gasteiger partial charge >= 0.3 is 0 Å². The van der Waals surface area contributed by atoms with Crippen LogP contribution in [0, 0.1) is 11.3 Å². The molecule has 102 valence electrons. The third-order valence-electron chi connectivity index (χ3n) is 2.74. The molecule has 0 spiro atoms. The van der Waals surface area contributed by atoms with Gasteiger partial charge in [-0.15, -0.1) is 5.10 Å². The van der Waals surface area contributed by atoms with Crippen molar-refractivity contribution in [3.63, 3.8) is 0 Å². The number of halogens is 1. The third kappa shape index (κ3) is 2.52. The Bertz CT molecular complexity index is 854. The summed E-state index contributed by atoms with van der Waals surface area (Å²) in [5.41, 5.74) is 1.94. The second-order valence-electron chi connectivity index (χ2n) is 4.08. The first-order valence-electron chi connectivity index (χ1n) is 5.81. The van der Waals surface area contributed by atoms with Crippen LogP contribution in [0.25, 0.3) is 16.9 Å².